The predicted octanol–water partition coefficient (Wildman–Crippen LogP) is 3.21. The van der Waals surface area contributed by atoms with Crippen LogP contribution in [0.5, 0.6) is 0 Å². The molecule has 0 bridgehead atoms. The van der Waals surface area contributed by atoms with E-state index in [-0.39, 0.29) is 36.2 Å². The average Bonchev–Trinajstić information content (AvgIpc) is 3.40. The van der Waals surface area contributed by atoms with Crippen molar-refractivity contribution in [3.05, 3.63) is 52.9 Å². The number of hydrogen-bond donors (Lipinski definition) is 3. The van der Waals surface area contributed by atoms with Gasteiger partial charge in [0.2, 0.25) is 5.91 Å². The van der Waals surface area contributed by atoms with Crippen LogP contribution in [-0.4, -0.2) is 51.1 Å². The number of nitrogens with one attached hydrogen (secondary N) is 1. The number of rotatable bonds is 7. The predicted molar refractivity (Wildman–Crippen MR) is 128 cm³/mol. The summed E-state index contributed by atoms with van der Waals surface area (Å²) in [5, 5.41) is 37.7. The summed E-state index contributed by atoms with van der Waals surface area (Å²) in [7, 11) is 0. The first-order valence-corrected chi connectivity index (χ1v) is 11.8. The monoisotopic (exact) mass is 468 g/mol. The Labute approximate surface area is 201 Å². The van der Waals surface area contributed by atoms with Gasteiger partial charge in [-0.1, -0.05) is 51.9 Å². The summed E-state index contributed by atoms with van der Waals surface area (Å²) in [6, 6.07) is 10.2. The number of carbonyl (C=O) groups excluding carboxylic acids is 1. The maximum Gasteiger partial charge on any atom is 0.234 e. The van der Waals surface area contributed by atoms with Crippen molar-refractivity contribution in [3.63, 3.8) is 0 Å². The Morgan fingerprint density at radius 3 is 2.44 bits per heavy atom. The van der Waals surface area contributed by atoms with E-state index in [1.165, 1.54) is 0 Å². The van der Waals surface area contributed by atoms with Crippen LogP contribution in [-0.2, 0) is 10.2 Å². The highest BCUT2D eigenvalue weighted by molar-refractivity contribution is 5.84. The molecule has 0 saturated carbocycles. The number of aromatic nitrogens is 1. The van der Waals surface area contributed by atoms with E-state index in [0.717, 1.165) is 11.3 Å². The maximum atomic E-state index is 13.7. The number of nitriles is 1. The molecule has 5 atom stereocenters. The minimum Gasteiger partial charge on any atom is -0.391 e. The summed E-state index contributed by atoms with van der Waals surface area (Å²) in [5.41, 5.74) is 2.04. The van der Waals surface area contributed by atoms with E-state index in [9.17, 15) is 15.0 Å². The number of β-amino-alcohol motifs (C(OH)–C–C–N with tert-alkyl or cyclic N) is 1. The van der Waals surface area contributed by atoms with Crippen LogP contribution >= 0.6 is 0 Å². The molecule has 184 valence electrons. The molecule has 3 N–H and O–H groups in total. The number of amides is 1. The Bertz CT molecular complexity index is 1020. The molecule has 1 amide bonds. The van der Waals surface area contributed by atoms with E-state index in [1.54, 1.807) is 17.0 Å². The highest BCUT2D eigenvalue weighted by Gasteiger charge is 2.43. The lowest BCUT2D eigenvalue weighted by Gasteiger charge is -2.33. The van der Waals surface area contributed by atoms with Crippen molar-refractivity contribution in [1.82, 2.24) is 15.4 Å². The van der Waals surface area contributed by atoms with Gasteiger partial charge in [-0.2, -0.15) is 5.26 Å². The molecule has 0 radical (unpaired) electrons. The zero-order chi connectivity index (χ0) is 25.2. The van der Waals surface area contributed by atoms with Gasteiger partial charge < -0.3 is 19.6 Å². The normalized spacial score (nSPS) is 21.4. The summed E-state index contributed by atoms with van der Waals surface area (Å²) in [6.45, 7) is 12.1. The molecule has 0 spiro atoms. The number of hydrogen-bond acceptors (Lipinski definition) is 7. The van der Waals surface area contributed by atoms with E-state index < -0.39 is 24.3 Å². The standard InChI is InChI=1S/C26H36N4O4/c1-15(2)23(21-12-22(29-34-21)26(4,5)6)25(33)30-14-19(31)11-20(30)24(32)28-16(3)18-9-7-17(13-27)8-10-18/h7-10,12,15-16,19-20,23-24,28,31-32H,11,14H2,1-6H3. The van der Waals surface area contributed by atoms with Gasteiger partial charge in [0.25, 0.3) is 0 Å². The van der Waals surface area contributed by atoms with Crippen LogP contribution in [0.15, 0.2) is 34.9 Å². The van der Waals surface area contributed by atoms with Crippen LogP contribution in [0.1, 0.15) is 82.5 Å². The van der Waals surface area contributed by atoms with Crippen LogP contribution in [0.4, 0.5) is 0 Å². The second kappa shape index (κ2) is 10.3. The first-order chi connectivity index (χ1) is 15.9. The Balaban J connectivity index is 1.78. The molecule has 1 aromatic heterocycles. The number of likely N-dealkylation sites (tertiary alicyclic amines) is 1. The summed E-state index contributed by atoms with van der Waals surface area (Å²) in [5.74, 6) is -0.326. The molecule has 1 fully saturated rings. The van der Waals surface area contributed by atoms with Crippen molar-refractivity contribution in [2.75, 3.05) is 6.54 Å². The molecule has 8 nitrogen and oxygen atoms in total. The number of aliphatic hydroxyl groups excluding tert-OH is 2. The Morgan fingerprint density at radius 1 is 1.26 bits per heavy atom. The van der Waals surface area contributed by atoms with Crippen molar-refractivity contribution in [1.29, 1.82) is 5.26 Å². The lowest BCUT2D eigenvalue weighted by molar-refractivity contribution is -0.138. The molecule has 1 aromatic carbocycles. The molecular weight excluding hydrogens is 432 g/mol. The van der Waals surface area contributed by atoms with Crippen LogP contribution in [0.3, 0.4) is 0 Å². The summed E-state index contributed by atoms with van der Waals surface area (Å²) < 4.78 is 5.60. The van der Waals surface area contributed by atoms with Crippen LogP contribution in [0.2, 0.25) is 0 Å². The minimum absolute atomic E-state index is 0.0608. The molecule has 1 aliphatic heterocycles. The van der Waals surface area contributed by atoms with E-state index in [0.29, 0.717) is 11.3 Å². The van der Waals surface area contributed by atoms with Gasteiger partial charge in [-0.3, -0.25) is 10.1 Å². The van der Waals surface area contributed by atoms with Crippen LogP contribution < -0.4 is 5.32 Å². The maximum absolute atomic E-state index is 13.7. The van der Waals surface area contributed by atoms with Crippen molar-refractivity contribution in [3.8, 4) is 6.07 Å². The largest absolute Gasteiger partial charge is 0.391 e. The fourth-order valence-electron chi connectivity index (χ4n) is 4.41. The quantitative estimate of drug-likeness (QED) is 0.533. The molecule has 8 heteroatoms. The highest BCUT2D eigenvalue weighted by atomic mass is 16.5. The Kier molecular flexibility index (Phi) is 7.81. The number of aliphatic hydroxyl groups is 2. The molecule has 2 aromatic rings. The van der Waals surface area contributed by atoms with Crippen LogP contribution in [0.25, 0.3) is 0 Å². The highest BCUT2D eigenvalue weighted by Crippen LogP contribution is 2.33. The summed E-state index contributed by atoms with van der Waals surface area (Å²) in [4.78, 5) is 15.3. The molecule has 0 aliphatic carbocycles. The van der Waals surface area contributed by atoms with E-state index >= 15 is 0 Å². The minimum atomic E-state index is -1.04. The number of benzene rings is 1. The lowest BCUT2D eigenvalue weighted by atomic mass is 9.88. The van der Waals surface area contributed by atoms with E-state index in [1.807, 2.05) is 59.7 Å². The first kappa shape index (κ1) is 25.9. The van der Waals surface area contributed by atoms with Crippen LogP contribution in [0, 0.1) is 17.2 Å². The Morgan fingerprint density at radius 2 is 1.91 bits per heavy atom. The SMILES string of the molecule is CC(NC(O)C1CC(O)CN1C(=O)C(c1cc(C(C)(C)C)no1)C(C)C)c1ccc(C#N)cc1. The van der Waals surface area contributed by atoms with Gasteiger partial charge in [0.05, 0.1) is 29.5 Å². The van der Waals surface area contributed by atoms with E-state index in [2.05, 4.69) is 16.5 Å². The number of nitrogens with zero attached hydrogens (tertiary/aromatic N) is 3. The first-order valence-electron chi connectivity index (χ1n) is 11.8. The zero-order valence-electron chi connectivity index (χ0n) is 20.8. The van der Waals surface area contributed by atoms with Crippen molar-refractivity contribution >= 4 is 5.91 Å². The molecule has 5 unspecified atom stereocenters. The summed E-state index contributed by atoms with van der Waals surface area (Å²) in [6.07, 6.45) is -1.49. The third-order valence-electron chi connectivity index (χ3n) is 6.47. The molecule has 34 heavy (non-hydrogen) atoms. The Hall–Kier alpha value is -2.73. The molecule has 3 rings (SSSR count). The van der Waals surface area contributed by atoms with Gasteiger partial charge >= 0.3 is 0 Å². The molecule has 2 heterocycles. The smallest absolute Gasteiger partial charge is 0.234 e. The fourth-order valence-corrected chi connectivity index (χ4v) is 4.41. The van der Waals surface area contributed by atoms with Gasteiger partial charge in [0.1, 0.15) is 17.9 Å². The van der Waals surface area contributed by atoms with Crippen molar-refractivity contribution < 1.29 is 19.5 Å². The lowest BCUT2D eigenvalue weighted by Crippen LogP contribution is -2.51. The van der Waals surface area contributed by atoms with Gasteiger partial charge in [-0.25, -0.2) is 0 Å². The second-order valence-electron chi connectivity index (χ2n) is 10.6. The zero-order valence-corrected chi connectivity index (χ0v) is 20.8. The molecule has 1 aliphatic rings. The van der Waals surface area contributed by atoms with Crippen molar-refractivity contribution in [2.24, 2.45) is 5.92 Å². The van der Waals surface area contributed by atoms with Crippen molar-refractivity contribution in [2.45, 2.75) is 83.7 Å². The fraction of sp³-hybridized carbons (Fsp3) is 0.577. The molecular formula is C26H36N4O4. The van der Waals surface area contributed by atoms with Gasteiger partial charge in [0.15, 0.2) is 0 Å². The van der Waals surface area contributed by atoms with Gasteiger partial charge in [-0.15, -0.1) is 0 Å². The third kappa shape index (κ3) is 5.66. The number of carbonyl (C=O) groups is 1. The average molecular weight is 469 g/mol. The van der Waals surface area contributed by atoms with E-state index in [4.69, 9.17) is 9.78 Å². The summed E-state index contributed by atoms with van der Waals surface area (Å²) >= 11 is 0. The second-order valence-corrected chi connectivity index (χ2v) is 10.6. The van der Waals surface area contributed by atoms with Gasteiger partial charge in [0, 0.05) is 24.1 Å². The van der Waals surface area contributed by atoms with Gasteiger partial charge in [-0.05, 0) is 37.0 Å². The molecule has 1 saturated heterocycles. The topological polar surface area (TPSA) is 123 Å². The third-order valence-corrected chi connectivity index (χ3v) is 6.47.